The number of amides is 1. The fourth-order valence-corrected chi connectivity index (χ4v) is 2.61. The molecule has 15 heavy (non-hydrogen) atoms. The Bertz CT molecular complexity index is 301. The van der Waals surface area contributed by atoms with Gasteiger partial charge in [0, 0.05) is 11.3 Å². The van der Waals surface area contributed by atoms with E-state index in [1.807, 2.05) is 13.0 Å². The van der Waals surface area contributed by atoms with Crippen molar-refractivity contribution < 1.29 is 14.7 Å². The lowest BCUT2D eigenvalue weighted by atomic mass is 10.2. The van der Waals surface area contributed by atoms with Crippen molar-refractivity contribution in [1.82, 2.24) is 4.90 Å². The third-order valence-electron chi connectivity index (χ3n) is 2.28. The first-order valence-electron chi connectivity index (χ1n) is 4.86. The fraction of sp³-hybridized carbons (Fsp3) is 0.600. The average molecular weight is 229 g/mol. The molecule has 1 rings (SSSR count). The van der Waals surface area contributed by atoms with Crippen LogP contribution in [0.3, 0.4) is 0 Å². The number of carboxylic acid groups (broad SMARTS) is 1. The number of carboxylic acids is 1. The van der Waals surface area contributed by atoms with E-state index in [-0.39, 0.29) is 5.91 Å². The van der Waals surface area contributed by atoms with Crippen molar-refractivity contribution >= 4 is 23.6 Å². The van der Waals surface area contributed by atoms with Gasteiger partial charge >= 0.3 is 5.97 Å². The number of allylic oxidation sites excluding steroid dienone is 1. The molecule has 0 unspecified atom stereocenters. The normalized spacial score (nSPS) is 21.9. The predicted octanol–water partition coefficient (Wildman–Crippen LogP) is 1.33. The third-order valence-corrected chi connectivity index (χ3v) is 3.29. The number of rotatable bonds is 3. The van der Waals surface area contributed by atoms with E-state index in [1.54, 1.807) is 6.92 Å². The van der Waals surface area contributed by atoms with Crippen LogP contribution in [0.15, 0.2) is 11.6 Å². The molecule has 1 amide bonds. The van der Waals surface area contributed by atoms with E-state index < -0.39 is 12.0 Å². The van der Waals surface area contributed by atoms with Gasteiger partial charge in [-0.15, -0.1) is 11.8 Å². The highest BCUT2D eigenvalue weighted by atomic mass is 32.2. The Morgan fingerprint density at radius 3 is 2.80 bits per heavy atom. The summed E-state index contributed by atoms with van der Waals surface area (Å²) < 4.78 is 0. The summed E-state index contributed by atoms with van der Waals surface area (Å²) in [7, 11) is 0. The summed E-state index contributed by atoms with van der Waals surface area (Å²) in [5.74, 6) is -0.113. The zero-order valence-electron chi connectivity index (χ0n) is 8.90. The van der Waals surface area contributed by atoms with E-state index in [4.69, 9.17) is 5.11 Å². The van der Waals surface area contributed by atoms with E-state index in [1.165, 1.54) is 16.7 Å². The van der Waals surface area contributed by atoms with Gasteiger partial charge in [0.1, 0.15) is 6.04 Å². The monoisotopic (exact) mass is 229 g/mol. The van der Waals surface area contributed by atoms with Crippen molar-refractivity contribution in [2.75, 3.05) is 11.6 Å². The maximum Gasteiger partial charge on any atom is 0.327 e. The van der Waals surface area contributed by atoms with Crippen LogP contribution in [-0.4, -0.2) is 39.6 Å². The summed E-state index contributed by atoms with van der Waals surface area (Å²) in [6, 6.07) is -0.664. The van der Waals surface area contributed by atoms with Crippen molar-refractivity contribution in [1.29, 1.82) is 0 Å². The molecule has 1 atom stereocenters. The molecule has 1 fully saturated rings. The van der Waals surface area contributed by atoms with Gasteiger partial charge in [-0.2, -0.15) is 0 Å². The highest BCUT2D eigenvalue weighted by Crippen LogP contribution is 2.22. The van der Waals surface area contributed by atoms with Gasteiger partial charge in [-0.1, -0.05) is 13.0 Å². The zero-order chi connectivity index (χ0) is 11.4. The molecule has 0 aromatic heterocycles. The lowest BCUT2D eigenvalue weighted by Gasteiger charge is -2.20. The summed E-state index contributed by atoms with van der Waals surface area (Å²) >= 11 is 1.48. The second-order valence-corrected chi connectivity index (χ2v) is 4.42. The van der Waals surface area contributed by atoms with Crippen LogP contribution >= 0.6 is 11.8 Å². The molecule has 84 valence electrons. The van der Waals surface area contributed by atoms with Gasteiger partial charge in [0.05, 0.1) is 5.88 Å². The van der Waals surface area contributed by atoms with Gasteiger partial charge in [-0.3, -0.25) is 4.79 Å². The van der Waals surface area contributed by atoms with Crippen molar-refractivity contribution in [3.63, 3.8) is 0 Å². The zero-order valence-corrected chi connectivity index (χ0v) is 9.71. The molecule has 1 N–H and O–H groups in total. The molecule has 1 heterocycles. The number of hydrogen-bond donors (Lipinski definition) is 1. The predicted molar refractivity (Wildman–Crippen MR) is 59.6 cm³/mol. The quantitative estimate of drug-likeness (QED) is 0.742. The fourth-order valence-electron chi connectivity index (χ4n) is 1.47. The summed E-state index contributed by atoms with van der Waals surface area (Å²) in [5.41, 5.74) is 0.631. The minimum atomic E-state index is -0.919. The Balaban J connectivity index is 2.75. The van der Waals surface area contributed by atoms with Crippen molar-refractivity contribution in [3.8, 4) is 0 Å². The molecule has 5 heteroatoms. The third kappa shape index (κ3) is 2.75. The molecule has 0 radical (unpaired) electrons. The minimum Gasteiger partial charge on any atom is -0.480 e. The number of aliphatic carboxylic acids is 1. The first kappa shape index (κ1) is 12.1. The number of thioether (sulfide) groups is 1. The van der Waals surface area contributed by atoms with Gasteiger partial charge < -0.3 is 10.0 Å². The van der Waals surface area contributed by atoms with Gasteiger partial charge in [0.25, 0.3) is 5.91 Å². The highest BCUT2D eigenvalue weighted by Gasteiger charge is 2.34. The molecule has 1 aliphatic rings. The van der Waals surface area contributed by atoms with Crippen molar-refractivity contribution in [3.05, 3.63) is 11.6 Å². The van der Waals surface area contributed by atoms with E-state index in [0.717, 1.165) is 6.42 Å². The Morgan fingerprint density at radius 1 is 1.60 bits per heavy atom. The van der Waals surface area contributed by atoms with Crippen LogP contribution in [0.2, 0.25) is 0 Å². The van der Waals surface area contributed by atoms with Crippen LogP contribution in [-0.2, 0) is 9.59 Å². The van der Waals surface area contributed by atoms with Gasteiger partial charge in [-0.05, 0) is 13.3 Å². The molecule has 1 saturated heterocycles. The molecular formula is C10H15NO3S. The first-order chi connectivity index (χ1) is 7.07. The van der Waals surface area contributed by atoms with Crippen LogP contribution in [0.1, 0.15) is 20.3 Å². The van der Waals surface area contributed by atoms with Crippen LogP contribution in [0.25, 0.3) is 0 Å². The lowest BCUT2D eigenvalue weighted by Crippen LogP contribution is -2.42. The van der Waals surface area contributed by atoms with Crippen LogP contribution in [0.4, 0.5) is 0 Å². The summed E-state index contributed by atoms with van der Waals surface area (Å²) in [6.45, 7) is 3.68. The standard InChI is InChI=1S/C10H15NO3S/c1-3-4-7(2)9(12)11-6-15-5-8(11)10(13)14/h4,8H,3,5-6H2,1-2H3,(H,13,14)/b7-4+/t8-/m1/s1. The Morgan fingerprint density at radius 2 is 2.27 bits per heavy atom. The van der Waals surface area contributed by atoms with E-state index in [0.29, 0.717) is 17.2 Å². The summed E-state index contributed by atoms with van der Waals surface area (Å²) in [5, 5.41) is 8.92. The summed E-state index contributed by atoms with van der Waals surface area (Å²) in [6.07, 6.45) is 2.61. The second kappa shape index (κ2) is 5.21. The van der Waals surface area contributed by atoms with Gasteiger partial charge in [0.2, 0.25) is 0 Å². The molecule has 0 aliphatic carbocycles. The Hall–Kier alpha value is -0.970. The van der Waals surface area contributed by atoms with E-state index in [9.17, 15) is 9.59 Å². The SMILES string of the molecule is CC/C=C(\C)C(=O)N1CSC[C@@H]1C(=O)O. The Labute approximate surface area is 93.3 Å². The maximum atomic E-state index is 11.8. The van der Waals surface area contributed by atoms with Gasteiger partial charge in [0.15, 0.2) is 0 Å². The molecule has 0 aromatic carbocycles. The van der Waals surface area contributed by atoms with E-state index >= 15 is 0 Å². The molecule has 4 nitrogen and oxygen atoms in total. The maximum absolute atomic E-state index is 11.8. The number of carbonyl (C=O) groups is 2. The number of carbonyl (C=O) groups excluding carboxylic acids is 1. The number of nitrogens with zero attached hydrogens (tertiary/aromatic N) is 1. The minimum absolute atomic E-state index is 0.158. The van der Waals surface area contributed by atoms with Crippen molar-refractivity contribution in [2.24, 2.45) is 0 Å². The Kier molecular flexibility index (Phi) is 4.20. The largest absolute Gasteiger partial charge is 0.480 e. The smallest absolute Gasteiger partial charge is 0.327 e. The van der Waals surface area contributed by atoms with Gasteiger partial charge in [-0.25, -0.2) is 4.79 Å². The van der Waals surface area contributed by atoms with E-state index in [2.05, 4.69) is 0 Å². The second-order valence-electron chi connectivity index (χ2n) is 3.42. The molecule has 0 aromatic rings. The molecule has 0 saturated carbocycles. The highest BCUT2D eigenvalue weighted by molar-refractivity contribution is 7.99. The first-order valence-corrected chi connectivity index (χ1v) is 6.01. The molecule has 0 bridgehead atoms. The van der Waals surface area contributed by atoms with Crippen molar-refractivity contribution in [2.45, 2.75) is 26.3 Å². The lowest BCUT2D eigenvalue weighted by molar-refractivity contribution is -0.146. The molecule has 0 spiro atoms. The summed E-state index contributed by atoms with van der Waals surface area (Å²) in [4.78, 5) is 24.1. The number of hydrogen-bond acceptors (Lipinski definition) is 3. The molecular weight excluding hydrogens is 214 g/mol. The van der Waals surface area contributed by atoms with Crippen LogP contribution < -0.4 is 0 Å². The molecule has 1 aliphatic heterocycles. The van der Waals surface area contributed by atoms with Crippen LogP contribution in [0.5, 0.6) is 0 Å². The average Bonchev–Trinajstić information content (AvgIpc) is 2.65. The van der Waals surface area contributed by atoms with Crippen LogP contribution in [0, 0.1) is 0 Å². The topological polar surface area (TPSA) is 57.6 Å².